The lowest BCUT2D eigenvalue weighted by atomic mass is 10.1. The zero-order chi connectivity index (χ0) is 45.6. The van der Waals surface area contributed by atoms with Gasteiger partial charge in [-0.2, -0.15) is 13.7 Å². The summed E-state index contributed by atoms with van der Waals surface area (Å²) in [5.41, 5.74) is 4.43. The summed E-state index contributed by atoms with van der Waals surface area (Å²) in [5.74, 6) is -2.74. The predicted octanol–water partition coefficient (Wildman–Crippen LogP) is 4.40. The zero-order valence-corrected chi connectivity index (χ0v) is 36.2. The normalized spacial score (nSPS) is 10.7. The minimum absolute atomic E-state index is 0.0819. The largest absolute Gasteiger partial charge is 0.465 e. The van der Waals surface area contributed by atoms with Crippen LogP contribution in [0, 0.1) is 0 Å². The first-order chi connectivity index (χ1) is 30.4. The molecular weight excluding hydrogens is 811 g/mol. The Balaban J connectivity index is 1.37. The first kappa shape index (κ1) is 48.8. The Morgan fingerprint density at radius 3 is 1.22 bits per heavy atom. The average Bonchev–Trinajstić information content (AvgIpc) is 3.30. The van der Waals surface area contributed by atoms with Crippen molar-refractivity contribution < 1.29 is 71.1 Å². The molecule has 63 heavy (non-hydrogen) atoms. The summed E-state index contributed by atoms with van der Waals surface area (Å²) < 4.78 is 31.3. The lowest BCUT2D eigenvalue weighted by molar-refractivity contribution is -0.696. The minimum atomic E-state index is -0.639. The van der Waals surface area contributed by atoms with Crippen molar-refractivity contribution in [3.8, 4) is 0 Å². The average molecular weight is 867 g/mol. The molecule has 15 heteroatoms. The van der Waals surface area contributed by atoms with Crippen molar-refractivity contribution in [3.05, 3.63) is 162 Å². The summed E-state index contributed by atoms with van der Waals surface area (Å²) in [6.07, 6.45) is 8.78. The first-order valence-corrected chi connectivity index (χ1v) is 20.4. The summed E-state index contributed by atoms with van der Waals surface area (Å²) in [7, 11) is 3.92. The number of carbonyl (C=O) groups is 5. The molecule has 0 aliphatic rings. The molecule has 4 rings (SSSR count). The van der Waals surface area contributed by atoms with Gasteiger partial charge in [0.15, 0.2) is 55.3 Å². The van der Waals surface area contributed by atoms with E-state index in [4.69, 9.17) is 33.5 Å². The van der Waals surface area contributed by atoms with Gasteiger partial charge in [-0.15, -0.1) is 0 Å². The Morgan fingerprint density at radius 1 is 0.492 bits per heavy atom. The molecule has 0 spiro atoms. The molecule has 0 fully saturated rings. The maximum atomic E-state index is 13.4. The van der Waals surface area contributed by atoms with E-state index in [1.54, 1.807) is 12.1 Å². The summed E-state index contributed by atoms with van der Waals surface area (Å²) >= 11 is 0. The number of nitrogens with zero attached hydrogens (tertiary/aromatic N) is 3. The highest BCUT2D eigenvalue weighted by atomic mass is 17.2. The van der Waals surface area contributed by atoms with Crippen molar-refractivity contribution in [1.82, 2.24) is 0 Å². The fourth-order valence-corrected chi connectivity index (χ4v) is 6.42. The fraction of sp³-hybridized carbons (Fsp3) is 0.333. The Hall–Kier alpha value is -6.84. The molecule has 0 unspecified atom stereocenters. The van der Waals surface area contributed by atoms with Gasteiger partial charge < -0.3 is 23.7 Å². The van der Waals surface area contributed by atoms with Crippen LogP contribution < -0.4 is 13.7 Å². The topological polar surface area (TPSA) is 162 Å². The smallest absolute Gasteiger partial charge is 0.339 e. The van der Waals surface area contributed by atoms with E-state index in [0.717, 1.165) is 17.1 Å². The van der Waals surface area contributed by atoms with Crippen LogP contribution in [0.25, 0.3) is 0 Å². The number of hydrogen-bond acceptors (Lipinski definition) is 12. The molecule has 0 atom stereocenters. The van der Waals surface area contributed by atoms with Crippen LogP contribution in [0.2, 0.25) is 0 Å². The molecule has 0 aliphatic carbocycles. The second-order valence-corrected chi connectivity index (χ2v) is 14.3. The van der Waals surface area contributed by atoms with E-state index in [0.29, 0.717) is 60.8 Å². The van der Waals surface area contributed by atoms with E-state index in [-0.39, 0.29) is 57.2 Å². The van der Waals surface area contributed by atoms with Gasteiger partial charge in [-0.1, -0.05) is 37.9 Å². The molecule has 0 N–H and O–H groups in total. The maximum Gasteiger partial charge on any atom is 0.339 e. The van der Waals surface area contributed by atoms with Gasteiger partial charge in [-0.05, 0) is 43.0 Å². The number of ether oxygens (including phenoxy) is 5. The van der Waals surface area contributed by atoms with Crippen LogP contribution in [0.4, 0.5) is 0 Å². The van der Waals surface area contributed by atoms with E-state index >= 15 is 0 Å². The molecule has 1 aromatic carbocycles. The number of hydrogen-bond donors (Lipinski definition) is 0. The SMILES string of the molecule is C=C(C[n+]1ccccc1CCCOOCc1cc(C(=O)OCCCc2cccc[n+]2CC(=C)C(=O)OC)cc(C(=O)OCCCc2cccc[n+]2CC(=C)C(=O)OC)c1)C(=O)OC. The Labute approximate surface area is 367 Å². The summed E-state index contributed by atoms with van der Waals surface area (Å²) in [5, 5.41) is 0. The van der Waals surface area contributed by atoms with E-state index in [2.05, 4.69) is 19.7 Å². The Morgan fingerprint density at radius 2 is 0.857 bits per heavy atom. The second kappa shape index (κ2) is 25.8. The number of methoxy groups -OCH3 is 3. The molecule has 332 valence electrons. The number of aryl methyl sites for hydroxylation is 3. The van der Waals surface area contributed by atoms with Crippen LogP contribution in [-0.4, -0.2) is 71.0 Å². The van der Waals surface area contributed by atoms with Crippen molar-refractivity contribution in [2.75, 3.05) is 41.2 Å². The molecule has 0 bridgehead atoms. The highest BCUT2D eigenvalue weighted by Crippen LogP contribution is 2.16. The molecule has 0 saturated heterocycles. The van der Waals surface area contributed by atoms with Crippen LogP contribution in [0.5, 0.6) is 0 Å². The molecule has 3 aromatic heterocycles. The lowest BCUT2D eigenvalue weighted by Gasteiger charge is -2.11. The molecule has 4 aromatic rings. The van der Waals surface area contributed by atoms with Crippen molar-refractivity contribution in [2.24, 2.45) is 0 Å². The maximum absolute atomic E-state index is 13.4. The van der Waals surface area contributed by atoms with Gasteiger partial charge in [-0.3, -0.25) is 0 Å². The molecule has 0 aliphatic heterocycles. The third-order valence-electron chi connectivity index (χ3n) is 9.66. The van der Waals surface area contributed by atoms with Crippen molar-refractivity contribution >= 4 is 29.8 Å². The van der Waals surface area contributed by atoms with Gasteiger partial charge in [0.25, 0.3) is 0 Å². The highest BCUT2D eigenvalue weighted by Gasteiger charge is 2.21. The number of pyridine rings is 3. The van der Waals surface area contributed by atoms with E-state index in [1.807, 2.05) is 86.9 Å². The standard InChI is InChI=1S/C48H56N3O12/c1-35(44(52)57-4)31-49-22-10-7-16-41(49)19-13-25-60-47(55)39-28-38(34-63-62-27-15-21-43-18-9-12-24-51(43)33-37(3)46(54)59-6)29-40(30-39)48(56)61-26-14-20-42-17-8-11-23-50(42)32-36(2)45(53)58-5/h7-12,16-18,22-24,28-30H,1-3,13-15,19-21,25-27,31-34H2,4-6H3/q+3. The van der Waals surface area contributed by atoms with E-state index < -0.39 is 29.8 Å². The van der Waals surface area contributed by atoms with Crippen LogP contribution in [-0.2, 0) is 93.3 Å². The first-order valence-electron chi connectivity index (χ1n) is 20.4. The third-order valence-corrected chi connectivity index (χ3v) is 9.66. The predicted molar refractivity (Wildman–Crippen MR) is 226 cm³/mol. The molecule has 0 amide bonds. The van der Waals surface area contributed by atoms with Crippen LogP contribution >= 0.6 is 0 Å². The summed E-state index contributed by atoms with van der Waals surface area (Å²) in [6.45, 7) is 12.5. The van der Waals surface area contributed by atoms with Crippen LogP contribution in [0.15, 0.2) is 128 Å². The molecule has 15 nitrogen and oxygen atoms in total. The highest BCUT2D eigenvalue weighted by molar-refractivity contribution is 5.95. The van der Waals surface area contributed by atoms with E-state index in [9.17, 15) is 24.0 Å². The number of esters is 5. The van der Waals surface area contributed by atoms with Gasteiger partial charge in [-0.25, -0.2) is 33.7 Å². The molecule has 0 saturated carbocycles. The number of aromatic nitrogens is 3. The molecular formula is C48H56N3O12+3. The number of benzene rings is 1. The monoisotopic (exact) mass is 866 g/mol. The van der Waals surface area contributed by atoms with Crippen molar-refractivity contribution in [1.29, 1.82) is 0 Å². The summed E-state index contributed by atoms with van der Waals surface area (Å²) in [6, 6.07) is 21.6. The summed E-state index contributed by atoms with van der Waals surface area (Å²) in [4.78, 5) is 73.5. The number of rotatable bonds is 26. The van der Waals surface area contributed by atoms with Gasteiger partial charge in [0.2, 0.25) is 0 Å². The molecule has 3 heterocycles. The Kier molecular flexibility index (Phi) is 20.0. The van der Waals surface area contributed by atoms with Crippen molar-refractivity contribution in [2.45, 2.75) is 64.8 Å². The third kappa shape index (κ3) is 15.9. The quantitative estimate of drug-likeness (QED) is 0.0167. The van der Waals surface area contributed by atoms with E-state index in [1.165, 1.54) is 27.4 Å². The van der Waals surface area contributed by atoms with Crippen LogP contribution in [0.1, 0.15) is 62.6 Å². The minimum Gasteiger partial charge on any atom is -0.465 e. The van der Waals surface area contributed by atoms with Gasteiger partial charge in [0.1, 0.15) is 6.61 Å². The van der Waals surface area contributed by atoms with Crippen molar-refractivity contribution in [3.63, 3.8) is 0 Å². The van der Waals surface area contributed by atoms with Gasteiger partial charge in [0.05, 0.1) is 69.0 Å². The second-order valence-electron chi connectivity index (χ2n) is 14.3. The number of carbonyl (C=O) groups excluding carboxylic acids is 5. The van der Waals surface area contributed by atoms with Crippen LogP contribution in [0.3, 0.4) is 0 Å². The van der Waals surface area contributed by atoms with Gasteiger partial charge in [0, 0.05) is 55.7 Å². The zero-order valence-electron chi connectivity index (χ0n) is 36.2. The Bertz CT molecular complexity index is 2160. The lowest BCUT2D eigenvalue weighted by Crippen LogP contribution is -2.40. The van der Waals surface area contributed by atoms with Gasteiger partial charge >= 0.3 is 29.8 Å². The fourth-order valence-electron chi connectivity index (χ4n) is 6.42. The molecule has 0 radical (unpaired) electrons.